The maximum atomic E-state index is 6.13. The Kier molecular flexibility index (Phi) is 3.53. The van der Waals surface area contributed by atoms with Crippen molar-refractivity contribution in [2.75, 3.05) is 23.7 Å². The minimum absolute atomic E-state index is 0.663. The summed E-state index contributed by atoms with van der Waals surface area (Å²) in [4.78, 5) is 2.44. The number of anilines is 2. The Morgan fingerprint density at radius 3 is 2.41 bits per heavy atom. The van der Waals surface area contributed by atoms with Crippen molar-refractivity contribution >= 4 is 23.0 Å². The van der Waals surface area contributed by atoms with Crippen LogP contribution in [0.5, 0.6) is 0 Å². The number of nitrogen functional groups attached to an aromatic ring is 1. The van der Waals surface area contributed by atoms with E-state index in [-0.39, 0.29) is 0 Å². The average Bonchev–Trinajstić information content (AvgIpc) is 2.22. The van der Waals surface area contributed by atoms with E-state index in [9.17, 15) is 0 Å². The second kappa shape index (κ2) is 4.77. The van der Waals surface area contributed by atoms with Gasteiger partial charge in [0.2, 0.25) is 0 Å². The molecular weight excluding hydrogens is 232 g/mol. The molecule has 0 aromatic heterocycles. The number of piperidine rings is 1. The van der Waals surface area contributed by atoms with E-state index in [1.807, 2.05) is 12.1 Å². The van der Waals surface area contributed by atoms with Crippen molar-refractivity contribution in [3.63, 3.8) is 0 Å². The van der Waals surface area contributed by atoms with E-state index in [0.717, 1.165) is 24.9 Å². The number of benzene rings is 1. The van der Waals surface area contributed by atoms with Gasteiger partial charge in [-0.25, -0.2) is 0 Å². The zero-order valence-electron chi connectivity index (χ0n) is 10.8. The molecule has 1 aliphatic rings. The van der Waals surface area contributed by atoms with Crippen LogP contribution in [0.15, 0.2) is 12.1 Å². The lowest BCUT2D eigenvalue weighted by Crippen LogP contribution is -2.39. The van der Waals surface area contributed by atoms with Crippen LogP contribution in [0.4, 0.5) is 11.4 Å². The summed E-state index contributed by atoms with van der Waals surface area (Å²) >= 11 is 6.13. The van der Waals surface area contributed by atoms with Crippen molar-refractivity contribution in [3.8, 4) is 0 Å². The Labute approximate surface area is 109 Å². The van der Waals surface area contributed by atoms with Crippen LogP contribution in [0.25, 0.3) is 0 Å². The molecule has 1 aliphatic heterocycles. The van der Waals surface area contributed by atoms with Crippen LogP contribution in [0.2, 0.25) is 5.02 Å². The Morgan fingerprint density at radius 1 is 1.24 bits per heavy atom. The van der Waals surface area contributed by atoms with Gasteiger partial charge in [0.05, 0.1) is 10.7 Å². The second-order valence-corrected chi connectivity index (χ2v) is 5.92. The van der Waals surface area contributed by atoms with Gasteiger partial charge in [0, 0.05) is 18.8 Å². The summed E-state index contributed by atoms with van der Waals surface area (Å²) in [5.41, 5.74) is 8.95. The second-order valence-electron chi connectivity index (χ2n) is 5.51. The van der Waals surface area contributed by atoms with Crippen molar-refractivity contribution in [1.29, 1.82) is 0 Å². The molecule has 1 saturated heterocycles. The van der Waals surface area contributed by atoms with Gasteiger partial charge in [-0.2, -0.15) is 0 Å². The predicted octanol–water partition coefficient (Wildman–Crippen LogP) is 3.71. The van der Waals surface area contributed by atoms with E-state index >= 15 is 0 Å². The Morgan fingerprint density at radius 2 is 1.82 bits per heavy atom. The molecule has 3 heteroatoms. The van der Waals surface area contributed by atoms with Crippen LogP contribution in [-0.2, 0) is 0 Å². The van der Waals surface area contributed by atoms with E-state index < -0.39 is 0 Å². The maximum Gasteiger partial charge on any atom is 0.0656 e. The molecule has 1 aromatic rings. The Balaban J connectivity index is 2.30. The highest BCUT2D eigenvalue weighted by molar-refractivity contribution is 6.33. The summed E-state index contributed by atoms with van der Waals surface area (Å²) in [6, 6.07) is 3.98. The van der Waals surface area contributed by atoms with Gasteiger partial charge in [-0.05, 0) is 42.9 Å². The number of nitrogens with two attached hydrogens (primary N) is 1. The average molecular weight is 253 g/mol. The summed E-state index contributed by atoms with van der Waals surface area (Å²) in [6.45, 7) is 8.97. The third-order valence-electron chi connectivity index (χ3n) is 3.52. The van der Waals surface area contributed by atoms with Crippen LogP contribution < -0.4 is 10.6 Å². The number of nitrogens with zero attached hydrogens (tertiary/aromatic N) is 1. The Hall–Kier alpha value is -0.890. The summed E-state index contributed by atoms with van der Waals surface area (Å²) in [5.74, 6) is 1.49. The zero-order chi connectivity index (χ0) is 12.6. The third-order valence-corrected chi connectivity index (χ3v) is 3.85. The van der Waals surface area contributed by atoms with E-state index in [2.05, 4.69) is 25.7 Å². The van der Waals surface area contributed by atoms with Crippen molar-refractivity contribution in [3.05, 3.63) is 22.7 Å². The van der Waals surface area contributed by atoms with Crippen molar-refractivity contribution in [2.45, 2.75) is 27.2 Å². The molecule has 0 saturated carbocycles. The molecule has 0 bridgehead atoms. The monoisotopic (exact) mass is 252 g/mol. The molecule has 2 rings (SSSR count). The number of rotatable bonds is 1. The smallest absolute Gasteiger partial charge is 0.0656 e. The Bertz CT molecular complexity index is 407. The van der Waals surface area contributed by atoms with Crippen LogP contribution in [0, 0.1) is 18.8 Å². The zero-order valence-corrected chi connectivity index (χ0v) is 11.6. The SMILES string of the molecule is Cc1cc(N)c(Cl)cc1N1CC(C)CC(C)C1. The molecular formula is C14H21ClN2. The highest BCUT2D eigenvalue weighted by Gasteiger charge is 2.23. The summed E-state index contributed by atoms with van der Waals surface area (Å²) in [7, 11) is 0. The first-order valence-corrected chi connectivity index (χ1v) is 6.65. The van der Waals surface area contributed by atoms with Gasteiger partial charge in [-0.3, -0.25) is 0 Å². The van der Waals surface area contributed by atoms with Gasteiger partial charge in [0.25, 0.3) is 0 Å². The molecule has 0 amide bonds. The van der Waals surface area contributed by atoms with Crippen molar-refractivity contribution in [1.82, 2.24) is 0 Å². The first-order chi connectivity index (χ1) is 7.97. The number of aryl methyl sites for hydroxylation is 1. The van der Waals surface area contributed by atoms with Gasteiger partial charge < -0.3 is 10.6 Å². The summed E-state index contributed by atoms with van der Waals surface area (Å²) in [5, 5.41) is 0.663. The fourth-order valence-corrected chi connectivity index (χ4v) is 3.05. The topological polar surface area (TPSA) is 29.3 Å². The number of halogens is 1. The minimum atomic E-state index is 0.663. The van der Waals surface area contributed by atoms with Gasteiger partial charge in [0.15, 0.2) is 0 Å². The van der Waals surface area contributed by atoms with Gasteiger partial charge in [-0.1, -0.05) is 25.4 Å². The molecule has 17 heavy (non-hydrogen) atoms. The highest BCUT2D eigenvalue weighted by Crippen LogP contribution is 2.33. The molecule has 1 heterocycles. The van der Waals surface area contributed by atoms with Crippen molar-refractivity contribution in [2.24, 2.45) is 11.8 Å². The third kappa shape index (κ3) is 2.68. The quantitative estimate of drug-likeness (QED) is 0.772. The lowest BCUT2D eigenvalue weighted by molar-refractivity contribution is 0.356. The largest absolute Gasteiger partial charge is 0.398 e. The number of hydrogen-bond donors (Lipinski definition) is 1. The first-order valence-electron chi connectivity index (χ1n) is 6.28. The van der Waals surface area contributed by atoms with Gasteiger partial charge in [0.1, 0.15) is 0 Å². The minimum Gasteiger partial charge on any atom is -0.398 e. The fraction of sp³-hybridized carbons (Fsp3) is 0.571. The normalized spacial score (nSPS) is 25.1. The lowest BCUT2D eigenvalue weighted by atomic mass is 9.91. The predicted molar refractivity (Wildman–Crippen MR) is 75.8 cm³/mol. The molecule has 2 unspecified atom stereocenters. The van der Waals surface area contributed by atoms with E-state index in [0.29, 0.717) is 10.7 Å². The van der Waals surface area contributed by atoms with E-state index in [1.54, 1.807) is 0 Å². The lowest BCUT2D eigenvalue weighted by Gasteiger charge is -2.37. The molecule has 94 valence electrons. The van der Waals surface area contributed by atoms with Crippen LogP contribution in [-0.4, -0.2) is 13.1 Å². The first kappa shape index (κ1) is 12.6. The summed E-state index contributed by atoms with van der Waals surface area (Å²) < 4.78 is 0. The molecule has 1 fully saturated rings. The maximum absolute atomic E-state index is 6.13. The molecule has 0 aliphatic carbocycles. The molecule has 0 radical (unpaired) electrons. The van der Waals surface area contributed by atoms with E-state index in [1.165, 1.54) is 17.7 Å². The highest BCUT2D eigenvalue weighted by atomic mass is 35.5. The summed E-state index contributed by atoms with van der Waals surface area (Å²) in [6.07, 6.45) is 1.32. The van der Waals surface area contributed by atoms with Crippen LogP contribution in [0.3, 0.4) is 0 Å². The molecule has 1 aromatic carbocycles. The molecule has 2 atom stereocenters. The van der Waals surface area contributed by atoms with Gasteiger partial charge in [-0.15, -0.1) is 0 Å². The fourth-order valence-electron chi connectivity index (χ4n) is 2.89. The molecule has 2 nitrogen and oxygen atoms in total. The molecule has 2 N–H and O–H groups in total. The van der Waals surface area contributed by atoms with Crippen LogP contribution in [0.1, 0.15) is 25.8 Å². The standard InChI is InChI=1S/C14H21ClN2/c1-9-4-10(2)8-17(7-9)14-6-12(15)13(16)5-11(14)3/h5-6,9-10H,4,7-8,16H2,1-3H3. The van der Waals surface area contributed by atoms with Gasteiger partial charge >= 0.3 is 0 Å². The number of hydrogen-bond acceptors (Lipinski definition) is 2. The van der Waals surface area contributed by atoms with Crippen LogP contribution >= 0.6 is 11.6 Å². The van der Waals surface area contributed by atoms with Crippen molar-refractivity contribution < 1.29 is 0 Å². The molecule has 0 spiro atoms. The van der Waals surface area contributed by atoms with E-state index in [4.69, 9.17) is 17.3 Å².